The van der Waals surface area contributed by atoms with Crippen molar-refractivity contribution in [2.75, 3.05) is 6.54 Å². The van der Waals surface area contributed by atoms with E-state index in [1.807, 2.05) is 0 Å². The molecule has 0 fully saturated rings. The summed E-state index contributed by atoms with van der Waals surface area (Å²) < 4.78 is 50.7. The fraction of sp³-hybridized carbons (Fsp3) is 0.421. The van der Waals surface area contributed by atoms with Crippen LogP contribution in [-0.4, -0.2) is 30.4 Å². The fourth-order valence-electron chi connectivity index (χ4n) is 2.53. The van der Waals surface area contributed by atoms with E-state index in [9.17, 15) is 22.7 Å². The molecule has 0 saturated carbocycles. The molecule has 0 radical (unpaired) electrons. The van der Waals surface area contributed by atoms with E-state index in [1.54, 1.807) is 19.1 Å². The fourth-order valence-corrected chi connectivity index (χ4v) is 2.53. The van der Waals surface area contributed by atoms with E-state index in [2.05, 4.69) is 22.2 Å². The summed E-state index contributed by atoms with van der Waals surface area (Å²) in [4.78, 5) is 3.75. The first-order chi connectivity index (χ1) is 13.6. The number of aliphatic hydroxyl groups is 1. The van der Waals surface area contributed by atoms with Crippen LogP contribution in [0.1, 0.15) is 26.2 Å². The smallest absolute Gasteiger partial charge is 0.389 e. The monoisotopic (exact) mass is 417 g/mol. The van der Waals surface area contributed by atoms with Gasteiger partial charge in [0.15, 0.2) is 0 Å². The van der Waals surface area contributed by atoms with Gasteiger partial charge in [-0.25, -0.2) is 4.39 Å². The molecular formula is C19H27F4N5O. The summed E-state index contributed by atoms with van der Waals surface area (Å²) in [6.07, 6.45) is 0.542. The second kappa shape index (κ2) is 11.3. The molecule has 0 amide bonds. The van der Waals surface area contributed by atoms with Gasteiger partial charge in [0.25, 0.3) is 0 Å². The summed E-state index contributed by atoms with van der Waals surface area (Å²) in [5.41, 5.74) is 12.8. The Morgan fingerprint density at radius 3 is 2.69 bits per heavy atom. The molecule has 0 heterocycles. The largest absolute Gasteiger partial charge is 0.397 e. The molecule has 0 unspecified atom stereocenters. The van der Waals surface area contributed by atoms with Gasteiger partial charge in [0.05, 0.1) is 23.4 Å². The van der Waals surface area contributed by atoms with Crippen LogP contribution in [0, 0.1) is 5.92 Å². The lowest BCUT2D eigenvalue weighted by Crippen LogP contribution is -2.35. The number of aliphatic hydroxyl groups excluding tert-OH is 1. The van der Waals surface area contributed by atoms with E-state index in [1.165, 1.54) is 12.3 Å². The highest BCUT2D eigenvalue weighted by Crippen LogP contribution is 2.30. The summed E-state index contributed by atoms with van der Waals surface area (Å²) in [6, 6.07) is 0. The zero-order valence-corrected chi connectivity index (χ0v) is 16.1. The topological polar surface area (TPSA) is 109 Å². The average Bonchev–Trinajstić information content (AvgIpc) is 2.66. The number of aliphatic imine (C=N–C) groups is 1. The third-order valence-corrected chi connectivity index (χ3v) is 4.11. The first-order valence-corrected chi connectivity index (χ1v) is 8.96. The molecule has 10 heteroatoms. The van der Waals surface area contributed by atoms with Crippen LogP contribution in [0.25, 0.3) is 0 Å². The maximum Gasteiger partial charge on any atom is 0.389 e. The minimum atomic E-state index is -4.22. The molecule has 0 aromatic carbocycles. The number of hydrogen-bond donors (Lipinski definition) is 5. The zero-order valence-electron chi connectivity index (χ0n) is 16.1. The molecule has 29 heavy (non-hydrogen) atoms. The van der Waals surface area contributed by atoms with Crippen molar-refractivity contribution in [3.05, 3.63) is 59.5 Å². The highest BCUT2D eigenvalue weighted by molar-refractivity contribution is 5.55. The van der Waals surface area contributed by atoms with Crippen LogP contribution in [0.4, 0.5) is 17.6 Å². The lowest BCUT2D eigenvalue weighted by molar-refractivity contribution is -0.134. The molecule has 0 spiro atoms. The Morgan fingerprint density at radius 1 is 1.45 bits per heavy atom. The molecule has 2 atom stereocenters. The molecule has 0 aromatic rings. The molecule has 0 bridgehead atoms. The number of alkyl halides is 3. The van der Waals surface area contributed by atoms with Gasteiger partial charge in [-0.1, -0.05) is 24.8 Å². The number of nitrogens with one attached hydrogen (secondary N) is 2. The predicted molar refractivity (Wildman–Crippen MR) is 106 cm³/mol. The van der Waals surface area contributed by atoms with Gasteiger partial charge in [-0.05, 0) is 19.5 Å². The van der Waals surface area contributed by atoms with Crippen LogP contribution in [0.2, 0.25) is 0 Å². The lowest BCUT2D eigenvalue weighted by atomic mass is 9.92. The maximum absolute atomic E-state index is 14.6. The van der Waals surface area contributed by atoms with Gasteiger partial charge < -0.3 is 27.2 Å². The predicted octanol–water partition coefficient (Wildman–Crippen LogP) is 2.83. The number of nitrogens with zero attached hydrogens (tertiary/aromatic N) is 1. The van der Waals surface area contributed by atoms with Crippen molar-refractivity contribution in [1.29, 1.82) is 0 Å². The third-order valence-electron chi connectivity index (χ3n) is 4.11. The van der Waals surface area contributed by atoms with Crippen LogP contribution in [0.15, 0.2) is 64.5 Å². The average molecular weight is 417 g/mol. The van der Waals surface area contributed by atoms with Gasteiger partial charge in [0, 0.05) is 30.9 Å². The van der Waals surface area contributed by atoms with Gasteiger partial charge in [-0.3, -0.25) is 4.99 Å². The Morgan fingerprint density at radius 2 is 2.14 bits per heavy atom. The summed E-state index contributed by atoms with van der Waals surface area (Å²) in [6.45, 7) is 5.21. The summed E-state index contributed by atoms with van der Waals surface area (Å²) >= 11 is 0. The Labute approximate surface area is 167 Å². The minimum Gasteiger partial charge on any atom is -0.397 e. The lowest BCUT2D eigenvalue weighted by Gasteiger charge is -2.24. The highest BCUT2D eigenvalue weighted by Gasteiger charge is 2.26. The van der Waals surface area contributed by atoms with E-state index < -0.39 is 30.6 Å². The SMILES string of the molecule is C=CNC(=C(\N)C1=C(F)C[C@H]([C@@H](O)NC=NCCCC(F)(F)F)C=C1)/C(N)=C\C. The third kappa shape index (κ3) is 8.02. The van der Waals surface area contributed by atoms with Crippen molar-refractivity contribution in [2.24, 2.45) is 22.4 Å². The number of allylic oxidation sites excluding steroid dienone is 3. The number of halogens is 4. The van der Waals surface area contributed by atoms with Gasteiger partial charge >= 0.3 is 6.18 Å². The van der Waals surface area contributed by atoms with Crippen LogP contribution >= 0.6 is 0 Å². The molecule has 0 aliphatic heterocycles. The minimum absolute atomic E-state index is 0.0368. The van der Waals surface area contributed by atoms with Crippen molar-refractivity contribution in [1.82, 2.24) is 10.6 Å². The Hall–Kier alpha value is -2.75. The van der Waals surface area contributed by atoms with Crippen molar-refractivity contribution >= 4 is 6.34 Å². The first-order valence-electron chi connectivity index (χ1n) is 8.96. The van der Waals surface area contributed by atoms with E-state index in [4.69, 9.17) is 11.5 Å². The van der Waals surface area contributed by atoms with Gasteiger partial charge in [-0.15, -0.1) is 0 Å². The molecule has 1 rings (SSSR count). The summed E-state index contributed by atoms with van der Waals surface area (Å²) in [5, 5.41) is 15.4. The van der Waals surface area contributed by atoms with Crippen molar-refractivity contribution in [3.63, 3.8) is 0 Å². The molecule has 162 valence electrons. The molecule has 1 aliphatic rings. The number of rotatable bonds is 10. The molecule has 0 aromatic heterocycles. The van der Waals surface area contributed by atoms with Crippen LogP contribution < -0.4 is 22.1 Å². The number of nitrogens with two attached hydrogens (primary N) is 2. The second-order valence-electron chi connectivity index (χ2n) is 6.29. The number of hydrogen-bond acceptors (Lipinski definition) is 5. The van der Waals surface area contributed by atoms with Crippen LogP contribution in [0.3, 0.4) is 0 Å². The molecule has 1 aliphatic carbocycles. The van der Waals surface area contributed by atoms with Crippen LogP contribution in [0.5, 0.6) is 0 Å². The van der Waals surface area contributed by atoms with E-state index >= 15 is 0 Å². The zero-order chi connectivity index (χ0) is 22.0. The quantitative estimate of drug-likeness (QED) is 0.0938. The van der Waals surface area contributed by atoms with Gasteiger partial charge in [0.2, 0.25) is 0 Å². The molecular weight excluding hydrogens is 390 g/mol. The first kappa shape index (κ1) is 24.3. The Balaban J connectivity index is 2.71. The highest BCUT2D eigenvalue weighted by atomic mass is 19.4. The van der Waals surface area contributed by atoms with Crippen LogP contribution in [-0.2, 0) is 0 Å². The normalized spacial score (nSPS) is 19.9. The maximum atomic E-state index is 14.6. The Bertz CT molecular complexity index is 723. The van der Waals surface area contributed by atoms with Gasteiger partial charge in [-0.2, -0.15) is 13.2 Å². The second-order valence-corrected chi connectivity index (χ2v) is 6.29. The van der Waals surface area contributed by atoms with Gasteiger partial charge in [0.1, 0.15) is 12.1 Å². The van der Waals surface area contributed by atoms with Crippen molar-refractivity contribution in [3.8, 4) is 0 Å². The van der Waals surface area contributed by atoms with E-state index in [-0.39, 0.29) is 30.7 Å². The summed E-state index contributed by atoms with van der Waals surface area (Å²) in [5.74, 6) is -1.15. The molecule has 0 saturated heterocycles. The molecule has 7 N–H and O–H groups in total. The van der Waals surface area contributed by atoms with Crippen molar-refractivity contribution < 1.29 is 22.7 Å². The van der Waals surface area contributed by atoms with E-state index in [0.29, 0.717) is 11.4 Å². The standard InChI is InChI=1S/C19H27F4N5O/c1-3-15(24)17(27-4-2)16(25)13-7-6-12(10-14(13)20)18(29)28-11-26-9-5-8-19(21,22)23/h3-4,6-7,11-12,18,27,29H,2,5,8-10,24-25H2,1H3,(H,26,28)/b15-3+,17-16-/t12-,18-/m1/s1. The summed E-state index contributed by atoms with van der Waals surface area (Å²) in [7, 11) is 0. The van der Waals surface area contributed by atoms with E-state index in [0.717, 1.165) is 6.34 Å². The van der Waals surface area contributed by atoms with Crippen molar-refractivity contribution in [2.45, 2.75) is 38.6 Å². The molecule has 6 nitrogen and oxygen atoms in total. The Kier molecular flexibility index (Phi) is 9.46.